The predicted molar refractivity (Wildman–Crippen MR) is 150 cm³/mol. The molecule has 0 amide bonds. The molecule has 0 bridgehead atoms. The van der Waals surface area contributed by atoms with Gasteiger partial charge in [-0.1, -0.05) is 83.9 Å². The molecule has 0 radical (unpaired) electrons. The van der Waals surface area contributed by atoms with Gasteiger partial charge in [-0.15, -0.1) is 5.10 Å². The molecule has 0 atom stereocenters. The van der Waals surface area contributed by atoms with Crippen molar-refractivity contribution >= 4 is 46.0 Å². The standard InChI is InChI=1S/C28H25Cl2N7/c29-22-12-11-21(17-23(22)30)37-26(31)24-25(20-9-5-2-6-10-20)32-28(33-27(24)34-37)36-15-13-35(14-16-36)18-19-7-3-1-4-8-19/h1-12,17H,13-16,18,31H2. The number of piperazine rings is 1. The van der Waals surface area contributed by atoms with Crippen molar-refractivity contribution in [3.8, 4) is 16.9 Å². The molecular formula is C28H25Cl2N7. The van der Waals surface area contributed by atoms with Gasteiger partial charge in [-0.2, -0.15) is 4.98 Å². The summed E-state index contributed by atoms with van der Waals surface area (Å²) in [6, 6.07) is 25.9. The third kappa shape index (κ3) is 4.73. The van der Waals surface area contributed by atoms with Crippen LogP contribution in [0.15, 0.2) is 78.9 Å². The monoisotopic (exact) mass is 529 g/mol. The van der Waals surface area contributed by atoms with Crippen molar-refractivity contribution in [2.24, 2.45) is 0 Å². The molecule has 9 heteroatoms. The normalized spacial score (nSPS) is 14.4. The minimum absolute atomic E-state index is 0.432. The highest BCUT2D eigenvalue weighted by Gasteiger charge is 2.24. The number of anilines is 2. The second kappa shape index (κ2) is 10.0. The Morgan fingerprint density at radius 3 is 2.19 bits per heavy atom. The molecule has 2 N–H and O–H groups in total. The van der Waals surface area contributed by atoms with Crippen molar-refractivity contribution in [1.82, 2.24) is 24.6 Å². The van der Waals surface area contributed by atoms with E-state index in [1.165, 1.54) is 5.56 Å². The molecule has 1 saturated heterocycles. The molecule has 1 aliphatic heterocycles. The molecule has 1 fully saturated rings. The SMILES string of the molecule is Nc1c2c(-c3ccccc3)nc(N3CCN(Cc4ccccc4)CC3)nc2nn1-c1ccc(Cl)c(Cl)c1. The van der Waals surface area contributed by atoms with Gasteiger partial charge in [0.2, 0.25) is 5.95 Å². The Kier molecular flexibility index (Phi) is 6.42. The Labute approximate surface area is 225 Å². The summed E-state index contributed by atoms with van der Waals surface area (Å²) in [7, 11) is 0. The van der Waals surface area contributed by atoms with Crippen molar-refractivity contribution in [2.45, 2.75) is 6.54 Å². The Morgan fingerprint density at radius 2 is 1.49 bits per heavy atom. The summed E-state index contributed by atoms with van der Waals surface area (Å²) in [6.45, 7) is 4.45. The smallest absolute Gasteiger partial charge is 0.228 e. The number of halogens is 2. The van der Waals surface area contributed by atoms with Gasteiger partial charge in [0.1, 0.15) is 5.82 Å². The van der Waals surface area contributed by atoms with Crippen molar-refractivity contribution in [3.63, 3.8) is 0 Å². The van der Waals surface area contributed by atoms with Gasteiger partial charge >= 0.3 is 0 Å². The van der Waals surface area contributed by atoms with Gasteiger partial charge in [0.05, 0.1) is 26.8 Å². The highest BCUT2D eigenvalue weighted by molar-refractivity contribution is 6.42. The van der Waals surface area contributed by atoms with Crippen LogP contribution >= 0.6 is 23.2 Å². The van der Waals surface area contributed by atoms with Crippen LogP contribution in [-0.2, 0) is 6.54 Å². The third-order valence-corrected chi connectivity index (χ3v) is 7.40. The van der Waals surface area contributed by atoms with E-state index in [9.17, 15) is 0 Å². The van der Waals surface area contributed by atoms with E-state index in [0.29, 0.717) is 38.5 Å². The zero-order chi connectivity index (χ0) is 25.4. The fourth-order valence-corrected chi connectivity index (χ4v) is 5.00. The molecule has 0 saturated carbocycles. The van der Waals surface area contributed by atoms with Gasteiger partial charge in [-0.25, -0.2) is 9.67 Å². The van der Waals surface area contributed by atoms with Crippen LogP contribution < -0.4 is 10.6 Å². The van der Waals surface area contributed by atoms with Crippen LogP contribution in [0.1, 0.15) is 5.56 Å². The summed E-state index contributed by atoms with van der Waals surface area (Å²) in [5.74, 6) is 1.11. The van der Waals surface area contributed by atoms with E-state index in [2.05, 4.69) is 40.1 Å². The average Bonchev–Trinajstić information content (AvgIpc) is 3.27. The summed E-state index contributed by atoms with van der Waals surface area (Å²) in [4.78, 5) is 14.6. The predicted octanol–water partition coefficient (Wildman–Crippen LogP) is 5.69. The van der Waals surface area contributed by atoms with Gasteiger partial charge in [0.15, 0.2) is 5.65 Å². The van der Waals surface area contributed by atoms with Gasteiger partial charge in [0, 0.05) is 38.3 Å². The maximum Gasteiger partial charge on any atom is 0.228 e. The fraction of sp³-hybridized carbons (Fsp3) is 0.179. The molecule has 37 heavy (non-hydrogen) atoms. The zero-order valence-electron chi connectivity index (χ0n) is 20.1. The number of fused-ring (bicyclic) bond motifs is 1. The Hall–Kier alpha value is -3.65. The molecule has 1 aliphatic rings. The van der Waals surface area contributed by atoms with Crippen LogP contribution in [0.5, 0.6) is 0 Å². The van der Waals surface area contributed by atoms with Crippen LogP contribution in [0.4, 0.5) is 11.8 Å². The molecule has 2 aromatic heterocycles. The van der Waals surface area contributed by atoms with E-state index in [-0.39, 0.29) is 0 Å². The third-order valence-electron chi connectivity index (χ3n) is 6.66. The highest BCUT2D eigenvalue weighted by atomic mass is 35.5. The van der Waals surface area contributed by atoms with Crippen LogP contribution in [-0.4, -0.2) is 50.8 Å². The van der Waals surface area contributed by atoms with Crippen molar-refractivity contribution in [3.05, 3.63) is 94.5 Å². The lowest BCUT2D eigenvalue weighted by molar-refractivity contribution is 0.249. The first-order valence-electron chi connectivity index (χ1n) is 12.1. The number of rotatable bonds is 5. The Balaban J connectivity index is 1.37. The molecule has 0 spiro atoms. The van der Waals surface area contributed by atoms with Crippen LogP contribution in [0.3, 0.4) is 0 Å². The van der Waals surface area contributed by atoms with Crippen LogP contribution in [0.2, 0.25) is 10.0 Å². The number of aromatic nitrogens is 4. The van der Waals surface area contributed by atoms with Crippen molar-refractivity contribution < 1.29 is 0 Å². The van der Waals surface area contributed by atoms with E-state index in [1.807, 2.05) is 36.4 Å². The summed E-state index contributed by atoms with van der Waals surface area (Å²) in [6.07, 6.45) is 0. The first kappa shape index (κ1) is 23.7. The number of hydrogen-bond acceptors (Lipinski definition) is 6. The Bertz CT molecular complexity index is 1550. The lowest BCUT2D eigenvalue weighted by Gasteiger charge is -2.34. The maximum absolute atomic E-state index is 6.64. The molecule has 3 aromatic carbocycles. The van der Waals surface area contributed by atoms with E-state index in [4.69, 9.17) is 44.0 Å². The van der Waals surface area contributed by atoms with Crippen molar-refractivity contribution in [1.29, 1.82) is 0 Å². The first-order chi connectivity index (χ1) is 18.1. The number of nitrogen functional groups attached to an aromatic ring is 1. The first-order valence-corrected chi connectivity index (χ1v) is 12.9. The Morgan fingerprint density at radius 1 is 0.784 bits per heavy atom. The topological polar surface area (TPSA) is 76.1 Å². The van der Waals surface area contributed by atoms with Crippen LogP contribution in [0.25, 0.3) is 28.0 Å². The highest BCUT2D eigenvalue weighted by Crippen LogP contribution is 2.34. The molecular weight excluding hydrogens is 505 g/mol. The lowest BCUT2D eigenvalue weighted by atomic mass is 10.1. The zero-order valence-corrected chi connectivity index (χ0v) is 21.6. The summed E-state index contributed by atoms with van der Waals surface area (Å²) < 4.78 is 1.65. The van der Waals surface area contributed by atoms with Gasteiger partial charge in [-0.3, -0.25) is 4.90 Å². The van der Waals surface area contributed by atoms with E-state index >= 15 is 0 Å². The van der Waals surface area contributed by atoms with E-state index in [0.717, 1.165) is 44.0 Å². The summed E-state index contributed by atoms with van der Waals surface area (Å²) in [5, 5.41) is 6.38. The second-order valence-corrected chi connectivity index (χ2v) is 9.90. The van der Waals surface area contributed by atoms with Crippen molar-refractivity contribution in [2.75, 3.05) is 36.8 Å². The van der Waals surface area contributed by atoms with Gasteiger partial charge < -0.3 is 10.6 Å². The number of nitrogens with zero attached hydrogens (tertiary/aromatic N) is 6. The quantitative estimate of drug-likeness (QED) is 0.315. The molecule has 6 rings (SSSR count). The molecule has 0 unspecified atom stereocenters. The van der Waals surface area contributed by atoms with Gasteiger partial charge in [0.25, 0.3) is 0 Å². The van der Waals surface area contributed by atoms with E-state index < -0.39 is 0 Å². The molecule has 3 heterocycles. The minimum Gasteiger partial charge on any atom is -0.383 e. The molecule has 0 aliphatic carbocycles. The van der Waals surface area contributed by atoms with Gasteiger partial charge in [-0.05, 0) is 23.8 Å². The average molecular weight is 530 g/mol. The molecule has 7 nitrogen and oxygen atoms in total. The van der Waals surface area contributed by atoms with Crippen LogP contribution in [0, 0.1) is 0 Å². The number of hydrogen-bond donors (Lipinski definition) is 1. The summed E-state index contributed by atoms with van der Waals surface area (Å²) >= 11 is 12.4. The van der Waals surface area contributed by atoms with E-state index in [1.54, 1.807) is 16.8 Å². The maximum atomic E-state index is 6.64. The minimum atomic E-state index is 0.432. The molecule has 186 valence electrons. The second-order valence-electron chi connectivity index (χ2n) is 9.08. The summed E-state index contributed by atoms with van der Waals surface area (Å²) in [5.41, 5.74) is 10.9. The number of benzene rings is 3. The largest absolute Gasteiger partial charge is 0.383 e. The fourth-order valence-electron chi connectivity index (χ4n) is 4.71. The molecule has 5 aromatic rings. The lowest BCUT2D eigenvalue weighted by Crippen LogP contribution is -2.46. The number of nitrogens with two attached hydrogens (primary N) is 1.